The molecule has 0 radical (unpaired) electrons. The Bertz CT molecular complexity index is 2040. The molecule has 0 aliphatic carbocycles. The highest BCUT2D eigenvalue weighted by Crippen LogP contribution is 2.25. The van der Waals surface area contributed by atoms with Gasteiger partial charge >= 0.3 is 0 Å². The van der Waals surface area contributed by atoms with Crippen LogP contribution in [0.3, 0.4) is 0 Å². The van der Waals surface area contributed by atoms with Gasteiger partial charge in [-0.2, -0.15) is 0 Å². The number of benzene rings is 4. The van der Waals surface area contributed by atoms with Crippen LogP contribution < -0.4 is 36.1 Å². The highest BCUT2D eigenvalue weighted by atomic mass is 16.5. The second-order valence-corrected chi connectivity index (χ2v) is 15.1. The van der Waals surface area contributed by atoms with Crippen molar-refractivity contribution in [2.24, 2.45) is 5.92 Å². The van der Waals surface area contributed by atoms with Crippen LogP contribution in [0.1, 0.15) is 73.9 Å². The van der Waals surface area contributed by atoms with E-state index in [-0.39, 0.29) is 42.6 Å². The average Bonchev–Trinajstić information content (AvgIpc) is 3.22. The summed E-state index contributed by atoms with van der Waals surface area (Å²) < 4.78 is 11.5. The minimum absolute atomic E-state index is 0.0128. The molecule has 4 aromatic rings. The van der Waals surface area contributed by atoms with Crippen LogP contribution in [0.5, 0.6) is 11.5 Å². The molecule has 0 aromatic heterocycles. The SMILES string of the molecule is COc1ccc2cc([C@H](C)C(=O)NCCCC[C@@H]3NC(=O)[C@H](CC(C)C)NC(=O)[C@H](CO)NC(=O)c4ccccc4OC[C@H](Cc4ccccc4)NC3=O)ccc2c1. The van der Waals surface area contributed by atoms with Gasteiger partial charge in [0.05, 0.1) is 31.2 Å². The Hall–Kier alpha value is -5.95. The number of rotatable bonds is 13. The molecular formula is C45H55N5O8. The van der Waals surface area contributed by atoms with Gasteiger partial charge in [-0.1, -0.05) is 80.6 Å². The van der Waals surface area contributed by atoms with E-state index in [0.29, 0.717) is 25.8 Å². The first-order chi connectivity index (χ1) is 27.9. The zero-order chi connectivity index (χ0) is 41.6. The molecule has 6 N–H and O–H groups in total. The van der Waals surface area contributed by atoms with Crippen LogP contribution in [0.15, 0.2) is 91.0 Å². The molecule has 4 aromatic carbocycles. The van der Waals surface area contributed by atoms with E-state index < -0.39 is 60.3 Å². The molecular weight excluding hydrogens is 739 g/mol. The number of carbonyl (C=O) groups excluding carboxylic acids is 5. The van der Waals surface area contributed by atoms with Crippen LogP contribution in [0.25, 0.3) is 10.8 Å². The molecule has 13 nitrogen and oxygen atoms in total. The second-order valence-electron chi connectivity index (χ2n) is 15.1. The zero-order valence-electron chi connectivity index (χ0n) is 33.6. The van der Waals surface area contributed by atoms with Gasteiger partial charge in [0, 0.05) is 6.54 Å². The molecule has 0 unspecified atom stereocenters. The van der Waals surface area contributed by atoms with Crippen molar-refractivity contribution < 1.29 is 38.6 Å². The first-order valence-corrected chi connectivity index (χ1v) is 19.9. The molecule has 5 amide bonds. The second kappa shape index (κ2) is 21.0. The van der Waals surface area contributed by atoms with E-state index in [1.807, 2.05) is 87.5 Å². The van der Waals surface area contributed by atoms with Gasteiger partial charge < -0.3 is 41.2 Å². The summed E-state index contributed by atoms with van der Waals surface area (Å²) in [6.07, 6.45) is 1.90. The van der Waals surface area contributed by atoms with Crippen LogP contribution in [-0.2, 0) is 25.6 Å². The van der Waals surface area contributed by atoms with Crippen LogP contribution >= 0.6 is 0 Å². The first kappa shape index (κ1) is 43.2. The van der Waals surface area contributed by atoms with Crippen LogP contribution in [0, 0.1) is 5.92 Å². The van der Waals surface area contributed by atoms with Crippen LogP contribution in [0.4, 0.5) is 0 Å². The van der Waals surface area contributed by atoms with E-state index in [9.17, 15) is 29.1 Å². The summed E-state index contributed by atoms with van der Waals surface area (Å²) in [6, 6.07) is 23.8. The molecule has 13 heteroatoms. The van der Waals surface area contributed by atoms with E-state index in [1.54, 1.807) is 31.4 Å². The fraction of sp³-hybridized carbons (Fsp3) is 0.400. The first-order valence-electron chi connectivity index (χ1n) is 19.9. The molecule has 0 saturated heterocycles. The van der Waals surface area contributed by atoms with Gasteiger partial charge in [-0.05, 0) is 91.1 Å². The number of hydrogen-bond donors (Lipinski definition) is 6. The molecule has 1 aliphatic heterocycles. The largest absolute Gasteiger partial charge is 0.497 e. The molecule has 0 spiro atoms. The molecule has 5 atom stereocenters. The Labute approximate surface area is 339 Å². The molecule has 58 heavy (non-hydrogen) atoms. The van der Waals surface area contributed by atoms with Gasteiger partial charge in [-0.15, -0.1) is 0 Å². The highest BCUT2D eigenvalue weighted by molar-refractivity contribution is 6.00. The molecule has 0 fully saturated rings. The van der Waals surface area contributed by atoms with Gasteiger partial charge in [-0.25, -0.2) is 0 Å². The predicted octanol–water partition coefficient (Wildman–Crippen LogP) is 4.16. The lowest BCUT2D eigenvalue weighted by atomic mass is 9.97. The number of carbonyl (C=O) groups is 5. The zero-order valence-corrected chi connectivity index (χ0v) is 33.6. The number of ether oxygens (including phenoxy) is 2. The number of aliphatic hydroxyl groups is 1. The van der Waals surface area contributed by atoms with Crippen molar-refractivity contribution in [1.29, 1.82) is 0 Å². The van der Waals surface area contributed by atoms with E-state index in [0.717, 1.165) is 27.6 Å². The number of fused-ring (bicyclic) bond motifs is 2. The number of unbranched alkanes of at least 4 members (excludes halogenated alkanes) is 1. The number of aliphatic hydroxyl groups excluding tert-OH is 1. The normalized spacial score (nSPS) is 19.8. The summed E-state index contributed by atoms with van der Waals surface area (Å²) in [5.41, 5.74) is 1.96. The van der Waals surface area contributed by atoms with E-state index >= 15 is 0 Å². The molecule has 0 bridgehead atoms. The van der Waals surface area contributed by atoms with Crippen molar-refractivity contribution in [1.82, 2.24) is 26.6 Å². The van der Waals surface area contributed by atoms with Gasteiger partial charge in [0.25, 0.3) is 5.91 Å². The van der Waals surface area contributed by atoms with E-state index in [1.165, 1.54) is 0 Å². The minimum Gasteiger partial charge on any atom is -0.497 e. The molecule has 5 rings (SSSR count). The van der Waals surface area contributed by atoms with Crippen molar-refractivity contribution in [3.8, 4) is 11.5 Å². The number of hydrogen-bond acceptors (Lipinski definition) is 8. The third-order valence-electron chi connectivity index (χ3n) is 10.2. The van der Waals surface area contributed by atoms with Crippen molar-refractivity contribution in [3.05, 3.63) is 108 Å². The van der Waals surface area contributed by atoms with Gasteiger partial charge in [0.2, 0.25) is 23.6 Å². The maximum absolute atomic E-state index is 14.1. The summed E-state index contributed by atoms with van der Waals surface area (Å²) in [5, 5.41) is 26.4. The fourth-order valence-electron chi connectivity index (χ4n) is 6.90. The lowest BCUT2D eigenvalue weighted by Crippen LogP contribution is -2.58. The van der Waals surface area contributed by atoms with Crippen molar-refractivity contribution in [2.75, 3.05) is 26.9 Å². The Kier molecular flexibility index (Phi) is 15.6. The summed E-state index contributed by atoms with van der Waals surface area (Å²) in [4.78, 5) is 68.0. The van der Waals surface area contributed by atoms with E-state index in [4.69, 9.17) is 9.47 Å². The third kappa shape index (κ3) is 12.0. The molecule has 308 valence electrons. The lowest BCUT2D eigenvalue weighted by molar-refractivity contribution is -0.133. The van der Waals surface area contributed by atoms with Gasteiger partial charge in [0.1, 0.15) is 36.2 Å². The summed E-state index contributed by atoms with van der Waals surface area (Å²) >= 11 is 0. The number of methoxy groups -OCH3 is 1. The summed E-state index contributed by atoms with van der Waals surface area (Å²) in [6.45, 7) is 5.28. The Morgan fingerprint density at radius 1 is 0.793 bits per heavy atom. The third-order valence-corrected chi connectivity index (χ3v) is 10.2. The average molecular weight is 794 g/mol. The lowest BCUT2D eigenvalue weighted by Gasteiger charge is -2.28. The Morgan fingerprint density at radius 3 is 2.21 bits per heavy atom. The predicted molar refractivity (Wildman–Crippen MR) is 221 cm³/mol. The topological polar surface area (TPSA) is 184 Å². The summed E-state index contributed by atoms with van der Waals surface area (Å²) in [7, 11) is 1.62. The quantitative estimate of drug-likeness (QED) is 0.109. The summed E-state index contributed by atoms with van der Waals surface area (Å²) in [5.74, 6) is -1.97. The minimum atomic E-state index is -1.36. The monoisotopic (exact) mass is 793 g/mol. The number of para-hydroxylation sites is 1. The standard InChI is InChI=1S/C45H55N5O8/c1-28(2)22-38-44(55)48-37(15-10-11-21-46-41(52)29(3)31-17-18-33-25-35(57-4)20-19-32(33)24-31)43(54)47-34(23-30-12-6-5-7-13-30)27-58-40-16-9-8-14-36(40)42(53)50-39(26-51)45(56)49-38/h5-9,12-14,16-20,24-25,28-29,34,37-39,51H,10-11,15,21-23,26-27H2,1-4H3,(H,46,52)(H,47,54)(H,48,55)(H,49,56)(H,50,53)/t29-,34-,37-,38-,39-/m0/s1. The van der Waals surface area contributed by atoms with Crippen molar-refractivity contribution in [3.63, 3.8) is 0 Å². The van der Waals surface area contributed by atoms with Crippen LogP contribution in [0.2, 0.25) is 0 Å². The van der Waals surface area contributed by atoms with Crippen LogP contribution in [-0.4, -0.2) is 85.7 Å². The Morgan fingerprint density at radius 2 is 1.47 bits per heavy atom. The maximum Gasteiger partial charge on any atom is 0.255 e. The fourth-order valence-corrected chi connectivity index (χ4v) is 6.90. The number of amides is 5. The van der Waals surface area contributed by atoms with E-state index in [2.05, 4.69) is 26.6 Å². The maximum atomic E-state index is 14.1. The smallest absolute Gasteiger partial charge is 0.255 e. The van der Waals surface area contributed by atoms with Crippen molar-refractivity contribution >= 4 is 40.3 Å². The van der Waals surface area contributed by atoms with Gasteiger partial charge in [-0.3, -0.25) is 24.0 Å². The molecule has 0 saturated carbocycles. The molecule has 1 aliphatic rings. The Balaban J connectivity index is 1.32. The molecule has 1 heterocycles. The highest BCUT2D eigenvalue weighted by Gasteiger charge is 2.32. The van der Waals surface area contributed by atoms with Gasteiger partial charge in [0.15, 0.2) is 0 Å². The van der Waals surface area contributed by atoms with Crippen molar-refractivity contribution in [2.45, 2.75) is 83.0 Å². The number of nitrogens with one attached hydrogen (secondary N) is 5.